The molecule has 4 heteroatoms. The normalized spacial score (nSPS) is 35.8. The van der Waals surface area contributed by atoms with Gasteiger partial charge in [0.15, 0.2) is 0 Å². The number of nitrogens with one attached hydrogen (secondary N) is 1. The van der Waals surface area contributed by atoms with Crippen LogP contribution < -0.4 is 11.1 Å². The second-order valence-electron chi connectivity index (χ2n) is 6.99. The number of amides is 1. The Balaban J connectivity index is 1.87. The Hall–Kier alpha value is -0.610. The summed E-state index contributed by atoms with van der Waals surface area (Å²) in [5.41, 5.74) is 5.46. The van der Waals surface area contributed by atoms with Crippen LogP contribution in [0.3, 0.4) is 0 Å². The minimum absolute atomic E-state index is 0.169. The quantitative estimate of drug-likeness (QED) is 0.823. The molecule has 1 saturated carbocycles. The number of carbonyl (C=O) groups is 1. The highest BCUT2D eigenvalue weighted by molar-refractivity contribution is 5.78. The van der Waals surface area contributed by atoms with Gasteiger partial charge in [0.1, 0.15) is 0 Å². The molecule has 2 aliphatic rings. The summed E-state index contributed by atoms with van der Waals surface area (Å²) in [6.45, 7) is 7.99. The lowest BCUT2D eigenvalue weighted by atomic mass is 9.79. The van der Waals surface area contributed by atoms with Gasteiger partial charge in [0.05, 0.1) is 5.92 Å². The Labute approximate surface area is 123 Å². The van der Waals surface area contributed by atoms with E-state index in [4.69, 9.17) is 5.73 Å². The monoisotopic (exact) mass is 281 g/mol. The van der Waals surface area contributed by atoms with Gasteiger partial charge < -0.3 is 11.1 Å². The fourth-order valence-electron chi connectivity index (χ4n) is 4.09. The zero-order chi connectivity index (χ0) is 14.5. The highest BCUT2D eigenvalue weighted by Crippen LogP contribution is 2.33. The second-order valence-corrected chi connectivity index (χ2v) is 6.99. The molecular weight excluding hydrogens is 250 g/mol. The third kappa shape index (κ3) is 4.19. The molecule has 3 N–H and O–H groups in total. The molecule has 0 aromatic rings. The summed E-state index contributed by atoms with van der Waals surface area (Å²) < 4.78 is 0. The van der Waals surface area contributed by atoms with Gasteiger partial charge in [-0.25, -0.2) is 0 Å². The summed E-state index contributed by atoms with van der Waals surface area (Å²) in [5.74, 6) is 2.03. The molecule has 0 aromatic carbocycles. The van der Waals surface area contributed by atoms with E-state index >= 15 is 0 Å². The van der Waals surface area contributed by atoms with Crippen molar-refractivity contribution < 1.29 is 4.79 Å². The summed E-state index contributed by atoms with van der Waals surface area (Å²) in [4.78, 5) is 14.7. The average molecular weight is 281 g/mol. The van der Waals surface area contributed by atoms with Crippen LogP contribution in [0.15, 0.2) is 0 Å². The fourth-order valence-corrected chi connectivity index (χ4v) is 4.09. The van der Waals surface area contributed by atoms with Crippen LogP contribution in [0, 0.1) is 17.8 Å². The molecule has 3 unspecified atom stereocenters. The molecule has 1 heterocycles. The van der Waals surface area contributed by atoms with Gasteiger partial charge in [0, 0.05) is 25.7 Å². The summed E-state index contributed by atoms with van der Waals surface area (Å²) in [6, 6.07) is 0.693. The van der Waals surface area contributed by atoms with E-state index in [1.807, 2.05) is 0 Å². The molecule has 1 amide bonds. The second kappa shape index (κ2) is 7.41. The summed E-state index contributed by atoms with van der Waals surface area (Å²) >= 11 is 0. The van der Waals surface area contributed by atoms with Crippen molar-refractivity contribution >= 4 is 5.91 Å². The SMILES string of the molecule is CC1CC(C)CC(N2CCCC(C(=O)NCCN)C2)C1. The minimum atomic E-state index is 0.169. The number of hydrogen-bond donors (Lipinski definition) is 2. The van der Waals surface area contributed by atoms with Crippen LogP contribution in [-0.2, 0) is 4.79 Å². The van der Waals surface area contributed by atoms with Crippen LogP contribution in [0.2, 0.25) is 0 Å². The maximum atomic E-state index is 12.1. The minimum Gasteiger partial charge on any atom is -0.355 e. The number of hydrogen-bond acceptors (Lipinski definition) is 3. The van der Waals surface area contributed by atoms with E-state index in [9.17, 15) is 4.79 Å². The van der Waals surface area contributed by atoms with Gasteiger partial charge in [-0.2, -0.15) is 0 Å². The first-order valence-electron chi connectivity index (χ1n) is 8.32. The molecular formula is C16H31N3O. The lowest BCUT2D eigenvalue weighted by Gasteiger charge is -2.42. The predicted molar refractivity (Wildman–Crippen MR) is 82.3 cm³/mol. The fraction of sp³-hybridized carbons (Fsp3) is 0.938. The van der Waals surface area contributed by atoms with Crippen LogP contribution in [0.1, 0.15) is 46.0 Å². The lowest BCUT2D eigenvalue weighted by Crippen LogP contribution is -2.49. The van der Waals surface area contributed by atoms with Gasteiger partial charge in [-0.05, 0) is 50.5 Å². The molecule has 1 aliphatic carbocycles. The lowest BCUT2D eigenvalue weighted by molar-refractivity contribution is -0.127. The van der Waals surface area contributed by atoms with Gasteiger partial charge in [0.25, 0.3) is 0 Å². The van der Waals surface area contributed by atoms with E-state index in [0.717, 1.165) is 31.2 Å². The highest BCUT2D eigenvalue weighted by Gasteiger charge is 2.33. The molecule has 0 bridgehead atoms. The van der Waals surface area contributed by atoms with Crippen molar-refractivity contribution in [2.45, 2.75) is 52.0 Å². The topological polar surface area (TPSA) is 58.4 Å². The Kier molecular flexibility index (Phi) is 5.85. The molecule has 1 saturated heterocycles. The molecule has 3 atom stereocenters. The number of rotatable bonds is 4. The molecule has 4 nitrogen and oxygen atoms in total. The van der Waals surface area contributed by atoms with Gasteiger partial charge in [-0.1, -0.05) is 13.8 Å². The number of likely N-dealkylation sites (tertiary alicyclic amines) is 1. The van der Waals surface area contributed by atoms with Crippen LogP contribution in [0.5, 0.6) is 0 Å². The van der Waals surface area contributed by atoms with Crippen molar-refractivity contribution in [2.75, 3.05) is 26.2 Å². The molecule has 1 aliphatic heterocycles. The smallest absolute Gasteiger partial charge is 0.224 e. The van der Waals surface area contributed by atoms with Crippen molar-refractivity contribution in [3.63, 3.8) is 0 Å². The molecule has 0 aromatic heterocycles. The largest absolute Gasteiger partial charge is 0.355 e. The molecule has 20 heavy (non-hydrogen) atoms. The van der Waals surface area contributed by atoms with E-state index in [-0.39, 0.29) is 11.8 Å². The van der Waals surface area contributed by atoms with Gasteiger partial charge in [-0.15, -0.1) is 0 Å². The zero-order valence-corrected chi connectivity index (χ0v) is 13.1. The Morgan fingerprint density at radius 3 is 2.60 bits per heavy atom. The van der Waals surface area contributed by atoms with Gasteiger partial charge in [-0.3, -0.25) is 9.69 Å². The third-order valence-electron chi connectivity index (χ3n) is 4.94. The number of piperidine rings is 1. The molecule has 0 radical (unpaired) electrons. The first kappa shape index (κ1) is 15.8. The first-order valence-corrected chi connectivity index (χ1v) is 8.32. The summed E-state index contributed by atoms with van der Waals surface area (Å²) in [6.07, 6.45) is 6.17. The van der Waals surface area contributed by atoms with Crippen molar-refractivity contribution in [1.29, 1.82) is 0 Å². The molecule has 0 spiro atoms. The third-order valence-corrected chi connectivity index (χ3v) is 4.94. The maximum Gasteiger partial charge on any atom is 0.224 e. The molecule has 2 fully saturated rings. The Bertz CT molecular complexity index is 311. The van der Waals surface area contributed by atoms with Crippen LogP contribution in [0.25, 0.3) is 0 Å². The highest BCUT2D eigenvalue weighted by atomic mass is 16.1. The molecule has 116 valence electrons. The average Bonchev–Trinajstić information content (AvgIpc) is 2.44. The van der Waals surface area contributed by atoms with E-state index in [1.54, 1.807) is 0 Å². The van der Waals surface area contributed by atoms with Crippen molar-refractivity contribution in [3.05, 3.63) is 0 Å². The van der Waals surface area contributed by atoms with Crippen LogP contribution >= 0.6 is 0 Å². The van der Waals surface area contributed by atoms with Crippen molar-refractivity contribution in [3.8, 4) is 0 Å². The summed E-state index contributed by atoms with van der Waals surface area (Å²) in [7, 11) is 0. The number of nitrogens with zero attached hydrogens (tertiary/aromatic N) is 1. The van der Waals surface area contributed by atoms with E-state index in [0.29, 0.717) is 19.1 Å². The number of carbonyl (C=O) groups excluding carboxylic acids is 1. The van der Waals surface area contributed by atoms with Crippen LogP contribution in [0.4, 0.5) is 0 Å². The van der Waals surface area contributed by atoms with Crippen molar-refractivity contribution in [1.82, 2.24) is 10.2 Å². The zero-order valence-electron chi connectivity index (χ0n) is 13.1. The summed E-state index contributed by atoms with van der Waals surface area (Å²) in [5, 5.41) is 2.95. The van der Waals surface area contributed by atoms with Gasteiger partial charge >= 0.3 is 0 Å². The Morgan fingerprint density at radius 1 is 1.25 bits per heavy atom. The number of nitrogens with two attached hydrogens (primary N) is 1. The van der Waals surface area contributed by atoms with E-state index < -0.39 is 0 Å². The van der Waals surface area contributed by atoms with Gasteiger partial charge in [0.2, 0.25) is 5.91 Å². The standard InChI is InChI=1S/C16H31N3O/c1-12-8-13(2)10-15(9-12)19-7-3-4-14(11-19)16(20)18-6-5-17/h12-15H,3-11,17H2,1-2H3,(H,18,20). The van der Waals surface area contributed by atoms with E-state index in [1.165, 1.54) is 25.8 Å². The predicted octanol–water partition coefficient (Wildman–Crippen LogP) is 1.60. The first-order chi connectivity index (χ1) is 9.60. The van der Waals surface area contributed by atoms with Crippen molar-refractivity contribution in [2.24, 2.45) is 23.5 Å². The Morgan fingerprint density at radius 2 is 1.95 bits per heavy atom. The maximum absolute atomic E-state index is 12.1. The molecule has 2 rings (SSSR count). The van der Waals surface area contributed by atoms with E-state index in [2.05, 4.69) is 24.1 Å². The van der Waals surface area contributed by atoms with Crippen LogP contribution in [-0.4, -0.2) is 43.0 Å².